The summed E-state index contributed by atoms with van der Waals surface area (Å²) < 4.78 is 0. The number of aliphatic imine (C=N–C) groups is 1. The fourth-order valence-electron chi connectivity index (χ4n) is 2.76. The Morgan fingerprint density at radius 2 is 2.14 bits per heavy atom. The zero-order valence-corrected chi connectivity index (χ0v) is 11.8. The van der Waals surface area contributed by atoms with Gasteiger partial charge in [0.25, 0.3) is 0 Å². The van der Waals surface area contributed by atoms with Gasteiger partial charge in [-0.1, -0.05) is 18.2 Å². The highest BCUT2D eigenvalue weighted by Crippen LogP contribution is 2.21. The molecule has 108 valence electrons. The van der Waals surface area contributed by atoms with Gasteiger partial charge >= 0.3 is 0 Å². The number of benzene rings is 2. The fourth-order valence-corrected chi connectivity index (χ4v) is 2.76. The Labute approximate surface area is 126 Å². The highest BCUT2D eigenvalue weighted by atomic mass is 16.1. The van der Waals surface area contributed by atoms with Crippen LogP contribution < -0.4 is 5.73 Å². The molecule has 0 radical (unpaired) electrons. The minimum absolute atomic E-state index is 0.0936. The van der Waals surface area contributed by atoms with Crippen LogP contribution in [0, 0.1) is 0 Å². The van der Waals surface area contributed by atoms with Crippen LogP contribution in [0.1, 0.15) is 27.0 Å². The first-order valence-electron chi connectivity index (χ1n) is 7.09. The molecule has 1 aromatic heterocycles. The number of aromatic nitrogens is 2. The van der Waals surface area contributed by atoms with Gasteiger partial charge < -0.3 is 5.73 Å². The van der Waals surface area contributed by atoms with Crippen LogP contribution in [-0.4, -0.2) is 22.2 Å². The van der Waals surface area contributed by atoms with E-state index in [4.69, 9.17) is 5.73 Å². The van der Waals surface area contributed by atoms with Crippen molar-refractivity contribution in [2.75, 3.05) is 5.73 Å². The molecule has 3 N–H and O–H groups in total. The van der Waals surface area contributed by atoms with E-state index in [1.165, 1.54) is 0 Å². The van der Waals surface area contributed by atoms with Crippen molar-refractivity contribution < 1.29 is 4.79 Å². The predicted octanol–water partition coefficient (Wildman–Crippen LogP) is 2.50. The molecule has 3 aromatic rings. The molecule has 2 aromatic carbocycles. The Bertz CT molecular complexity index is 924. The quantitative estimate of drug-likeness (QED) is 0.727. The highest BCUT2D eigenvalue weighted by molar-refractivity contribution is 5.99. The van der Waals surface area contributed by atoms with E-state index in [-0.39, 0.29) is 5.78 Å². The second kappa shape index (κ2) is 4.80. The minimum atomic E-state index is 0.0936. The summed E-state index contributed by atoms with van der Waals surface area (Å²) in [5.41, 5.74) is 10.6. The number of aromatic amines is 1. The Balaban J connectivity index is 1.61. The number of ketones is 1. The van der Waals surface area contributed by atoms with Crippen molar-refractivity contribution in [3.63, 3.8) is 0 Å². The standard InChI is InChI=1S/C17H14N4O/c18-17-14-5-10(1-4-15(14)20-21-17)6-16(22)11-2-3-12-8-19-9-13(12)7-11/h1-5,7-8H,6,9H2,(H3,18,20,21). The first-order chi connectivity index (χ1) is 10.7. The summed E-state index contributed by atoms with van der Waals surface area (Å²) in [6.07, 6.45) is 2.19. The maximum Gasteiger partial charge on any atom is 0.167 e. The van der Waals surface area contributed by atoms with Gasteiger partial charge in [-0.25, -0.2) is 0 Å². The Morgan fingerprint density at radius 3 is 3.05 bits per heavy atom. The van der Waals surface area contributed by atoms with E-state index in [1.807, 2.05) is 42.6 Å². The van der Waals surface area contributed by atoms with Crippen LogP contribution in [0.4, 0.5) is 5.82 Å². The maximum atomic E-state index is 12.5. The average Bonchev–Trinajstić information content (AvgIpc) is 3.13. The summed E-state index contributed by atoms with van der Waals surface area (Å²) in [6, 6.07) is 11.5. The average molecular weight is 290 g/mol. The minimum Gasteiger partial charge on any atom is -0.382 e. The topological polar surface area (TPSA) is 84.1 Å². The van der Waals surface area contributed by atoms with Gasteiger partial charge in [0.1, 0.15) is 0 Å². The highest BCUT2D eigenvalue weighted by Gasteiger charge is 2.13. The van der Waals surface area contributed by atoms with Crippen molar-refractivity contribution in [3.05, 3.63) is 58.7 Å². The summed E-state index contributed by atoms with van der Waals surface area (Å²) in [5, 5.41) is 7.68. The molecule has 0 fully saturated rings. The Morgan fingerprint density at radius 1 is 1.23 bits per heavy atom. The third-order valence-corrected chi connectivity index (χ3v) is 3.98. The Kier molecular flexibility index (Phi) is 2.79. The molecular formula is C17H14N4O. The number of nitrogens with one attached hydrogen (secondary N) is 1. The van der Waals surface area contributed by atoms with Gasteiger partial charge in [-0.2, -0.15) is 5.10 Å². The van der Waals surface area contributed by atoms with Gasteiger partial charge in [-0.15, -0.1) is 0 Å². The number of fused-ring (bicyclic) bond motifs is 2. The predicted molar refractivity (Wildman–Crippen MR) is 86.3 cm³/mol. The monoisotopic (exact) mass is 290 g/mol. The van der Waals surface area contributed by atoms with Crippen LogP contribution >= 0.6 is 0 Å². The molecule has 0 spiro atoms. The lowest BCUT2D eigenvalue weighted by molar-refractivity contribution is 0.0993. The van der Waals surface area contributed by atoms with E-state index in [0.29, 0.717) is 18.8 Å². The third-order valence-electron chi connectivity index (χ3n) is 3.98. The normalized spacial score (nSPS) is 12.7. The van der Waals surface area contributed by atoms with Crippen molar-refractivity contribution in [3.8, 4) is 0 Å². The second-order valence-corrected chi connectivity index (χ2v) is 5.47. The largest absolute Gasteiger partial charge is 0.382 e. The van der Waals surface area contributed by atoms with Gasteiger partial charge in [0.05, 0.1) is 12.1 Å². The second-order valence-electron chi connectivity index (χ2n) is 5.47. The van der Waals surface area contributed by atoms with Crippen molar-refractivity contribution in [2.45, 2.75) is 13.0 Å². The zero-order chi connectivity index (χ0) is 15.1. The van der Waals surface area contributed by atoms with E-state index < -0.39 is 0 Å². The van der Waals surface area contributed by atoms with Crippen molar-refractivity contribution in [1.82, 2.24) is 10.2 Å². The van der Waals surface area contributed by atoms with Crippen LogP contribution in [0.25, 0.3) is 10.9 Å². The number of hydrogen-bond donors (Lipinski definition) is 2. The van der Waals surface area contributed by atoms with E-state index >= 15 is 0 Å². The molecule has 0 aliphatic carbocycles. The van der Waals surface area contributed by atoms with Gasteiger partial charge in [0.2, 0.25) is 0 Å². The first-order valence-corrected chi connectivity index (χ1v) is 7.09. The molecule has 5 nitrogen and oxygen atoms in total. The number of nitrogen functional groups attached to an aromatic ring is 1. The Hall–Kier alpha value is -2.95. The van der Waals surface area contributed by atoms with E-state index in [1.54, 1.807) is 0 Å². The van der Waals surface area contributed by atoms with Crippen LogP contribution in [0.5, 0.6) is 0 Å². The molecule has 0 bridgehead atoms. The molecule has 4 rings (SSSR count). The molecule has 0 atom stereocenters. The van der Waals surface area contributed by atoms with Crippen molar-refractivity contribution in [2.24, 2.45) is 4.99 Å². The molecule has 22 heavy (non-hydrogen) atoms. The van der Waals surface area contributed by atoms with Crippen LogP contribution in [0.3, 0.4) is 0 Å². The molecule has 0 unspecified atom stereocenters. The van der Waals surface area contributed by atoms with Gasteiger partial charge in [-0.05, 0) is 34.9 Å². The van der Waals surface area contributed by atoms with E-state index in [9.17, 15) is 4.79 Å². The summed E-state index contributed by atoms with van der Waals surface area (Å²) in [4.78, 5) is 16.7. The number of rotatable bonds is 3. The third kappa shape index (κ3) is 2.07. The molecule has 0 saturated heterocycles. The molecule has 0 saturated carbocycles. The van der Waals surface area contributed by atoms with Gasteiger partial charge in [-0.3, -0.25) is 14.9 Å². The molecular weight excluding hydrogens is 276 g/mol. The number of nitrogens with zero attached hydrogens (tertiary/aromatic N) is 2. The number of Topliss-reactive ketones (excluding diaryl/α,β-unsaturated/α-hetero) is 1. The zero-order valence-electron chi connectivity index (χ0n) is 11.8. The molecule has 1 aliphatic rings. The lowest BCUT2D eigenvalue weighted by Gasteiger charge is -2.04. The number of hydrogen-bond acceptors (Lipinski definition) is 4. The summed E-state index contributed by atoms with van der Waals surface area (Å²) in [5.74, 6) is 0.551. The van der Waals surface area contributed by atoms with Gasteiger partial charge in [0, 0.05) is 23.6 Å². The number of anilines is 1. The number of carbonyl (C=O) groups is 1. The summed E-state index contributed by atoms with van der Waals surface area (Å²) >= 11 is 0. The molecule has 0 amide bonds. The maximum absolute atomic E-state index is 12.5. The number of nitrogens with two attached hydrogens (primary N) is 1. The van der Waals surface area contributed by atoms with Crippen LogP contribution in [-0.2, 0) is 13.0 Å². The van der Waals surface area contributed by atoms with Gasteiger partial charge in [0.15, 0.2) is 11.6 Å². The number of H-pyrrole nitrogens is 1. The smallest absolute Gasteiger partial charge is 0.167 e. The molecule has 5 heteroatoms. The summed E-state index contributed by atoms with van der Waals surface area (Å²) in [6.45, 7) is 0.661. The van der Waals surface area contributed by atoms with Crippen LogP contribution in [0.15, 0.2) is 41.4 Å². The SMILES string of the molecule is Nc1n[nH]c2ccc(CC(=O)c3ccc4c(c3)CN=C4)cc12. The van der Waals surface area contributed by atoms with E-state index in [2.05, 4.69) is 15.2 Å². The lowest BCUT2D eigenvalue weighted by atomic mass is 9.99. The van der Waals surface area contributed by atoms with Crippen molar-refractivity contribution >= 4 is 28.7 Å². The summed E-state index contributed by atoms with van der Waals surface area (Å²) in [7, 11) is 0. The van der Waals surface area contributed by atoms with Crippen molar-refractivity contribution in [1.29, 1.82) is 0 Å². The molecule has 1 aliphatic heterocycles. The fraction of sp³-hybridized carbons (Fsp3) is 0.118. The first kappa shape index (κ1) is 12.8. The molecule has 2 heterocycles. The lowest BCUT2D eigenvalue weighted by Crippen LogP contribution is -2.04. The number of carbonyl (C=O) groups excluding carboxylic acids is 1. The van der Waals surface area contributed by atoms with E-state index in [0.717, 1.165) is 33.2 Å². The van der Waals surface area contributed by atoms with Crippen LogP contribution in [0.2, 0.25) is 0 Å².